The average molecular weight is 333 g/mol. The van der Waals surface area contributed by atoms with Gasteiger partial charge < -0.3 is 10.3 Å². The first-order valence-electron chi connectivity index (χ1n) is 8.63. The summed E-state index contributed by atoms with van der Waals surface area (Å²) in [4.78, 5) is 16.7. The first kappa shape index (κ1) is 17.1. The second-order valence-electron chi connectivity index (χ2n) is 6.08. The lowest BCUT2D eigenvalue weighted by molar-refractivity contribution is 0.0980. The molecule has 4 nitrogen and oxygen atoms in total. The molecule has 3 rings (SSSR count). The number of aryl methyl sites for hydroxylation is 1. The smallest absolute Gasteiger partial charge is 0.162 e. The Morgan fingerprint density at radius 1 is 1.00 bits per heavy atom. The van der Waals surface area contributed by atoms with E-state index in [4.69, 9.17) is 5.73 Å². The molecule has 2 N–H and O–H groups in total. The van der Waals surface area contributed by atoms with Gasteiger partial charge in [0.2, 0.25) is 0 Å². The average Bonchev–Trinajstić information content (AvgIpc) is 3.05. The minimum absolute atomic E-state index is 0.189. The lowest BCUT2D eigenvalue weighted by atomic mass is 10.0. The molecule has 2 aromatic carbocycles. The van der Waals surface area contributed by atoms with Crippen molar-refractivity contribution in [3.05, 3.63) is 89.5 Å². The lowest BCUT2D eigenvalue weighted by Gasteiger charge is -2.11. The van der Waals surface area contributed by atoms with Gasteiger partial charge in [0.1, 0.15) is 5.82 Å². The molecule has 0 aliphatic rings. The van der Waals surface area contributed by atoms with Crippen molar-refractivity contribution >= 4 is 5.78 Å². The second kappa shape index (κ2) is 8.40. The molecule has 0 radical (unpaired) electrons. The summed E-state index contributed by atoms with van der Waals surface area (Å²) in [5.41, 5.74) is 8.96. The van der Waals surface area contributed by atoms with Gasteiger partial charge in [-0.3, -0.25) is 4.79 Å². The van der Waals surface area contributed by atoms with Crippen molar-refractivity contribution in [2.75, 3.05) is 0 Å². The van der Waals surface area contributed by atoms with Crippen molar-refractivity contribution in [2.45, 2.75) is 32.4 Å². The Balaban J connectivity index is 1.64. The third kappa shape index (κ3) is 4.43. The van der Waals surface area contributed by atoms with Crippen LogP contribution in [-0.4, -0.2) is 15.3 Å². The monoisotopic (exact) mass is 333 g/mol. The Hall–Kier alpha value is -2.72. The lowest BCUT2D eigenvalue weighted by Crippen LogP contribution is -2.12. The maximum Gasteiger partial charge on any atom is 0.162 e. The number of nitrogens with two attached hydrogens (primary N) is 1. The Kier molecular flexibility index (Phi) is 5.75. The SMILES string of the molecule is NCc1ncc(CCCC(=O)c2ccccc2)n1Cc1ccccc1. The summed E-state index contributed by atoms with van der Waals surface area (Å²) in [6.07, 6.45) is 4.05. The van der Waals surface area contributed by atoms with Crippen LogP contribution in [0.5, 0.6) is 0 Å². The van der Waals surface area contributed by atoms with Crippen LogP contribution in [0, 0.1) is 0 Å². The molecule has 0 amide bonds. The summed E-state index contributed by atoms with van der Waals surface area (Å²) in [5.74, 6) is 1.07. The van der Waals surface area contributed by atoms with Gasteiger partial charge in [-0.1, -0.05) is 60.7 Å². The highest BCUT2D eigenvalue weighted by molar-refractivity contribution is 5.95. The van der Waals surface area contributed by atoms with Crippen LogP contribution in [0.2, 0.25) is 0 Å². The normalized spacial score (nSPS) is 10.8. The topological polar surface area (TPSA) is 60.9 Å². The van der Waals surface area contributed by atoms with Crippen LogP contribution in [0.4, 0.5) is 0 Å². The third-order valence-corrected chi connectivity index (χ3v) is 4.32. The summed E-state index contributed by atoms with van der Waals surface area (Å²) in [7, 11) is 0. The van der Waals surface area contributed by atoms with Crippen molar-refractivity contribution in [2.24, 2.45) is 5.73 Å². The molecule has 0 spiro atoms. The first-order valence-corrected chi connectivity index (χ1v) is 8.63. The van der Waals surface area contributed by atoms with Crippen LogP contribution in [0.3, 0.4) is 0 Å². The van der Waals surface area contributed by atoms with Crippen molar-refractivity contribution in [3.63, 3.8) is 0 Å². The van der Waals surface area contributed by atoms with Crippen molar-refractivity contribution < 1.29 is 4.79 Å². The molecule has 0 aliphatic heterocycles. The second-order valence-corrected chi connectivity index (χ2v) is 6.08. The molecule has 0 aliphatic carbocycles. The van der Waals surface area contributed by atoms with E-state index in [2.05, 4.69) is 21.7 Å². The molecular weight excluding hydrogens is 310 g/mol. The number of Topliss-reactive ketones (excluding diaryl/α,β-unsaturated/α-hetero) is 1. The van der Waals surface area contributed by atoms with Gasteiger partial charge >= 0.3 is 0 Å². The number of hydrogen-bond acceptors (Lipinski definition) is 3. The number of ketones is 1. The zero-order valence-electron chi connectivity index (χ0n) is 14.3. The highest BCUT2D eigenvalue weighted by Crippen LogP contribution is 2.14. The number of hydrogen-bond donors (Lipinski definition) is 1. The minimum Gasteiger partial charge on any atom is -0.327 e. The predicted octanol–water partition coefficient (Wildman–Crippen LogP) is 3.60. The maximum atomic E-state index is 12.2. The van der Waals surface area contributed by atoms with Crippen LogP contribution in [-0.2, 0) is 19.5 Å². The molecule has 0 saturated heterocycles. The molecule has 0 atom stereocenters. The molecule has 25 heavy (non-hydrogen) atoms. The summed E-state index contributed by atoms with van der Waals surface area (Å²) < 4.78 is 2.17. The van der Waals surface area contributed by atoms with Gasteiger partial charge in [0.15, 0.2) is 5.78 Å². The van der Waals surface area contributed by atoms with Gasteiger partial charge in [-0.05, 0) is 18.4 Å². The van der Waals surface area contributed by atoms with Gasteiger partial charge in [0, 0.05) is 30.4 Å². The molecule has 3 aromatic rings. The van der Waals surface area contributed by atoms with Crippen LogP contribution in [0.15, 0.2) is 66.9 Å². The van der Waals surface area contributed by atoms with Crippen molar-refractivity contribution in [3.8, 4) is 0 Å². The Bertz CT molecular complexity index is 810. The Labute approximate surface area is 148 Å². The largest absolute Gasteiger partial charge is 0.327 e. The van der Waals surface area contributed by atoms with Gasteiger partial charge in [-0.15, -0.1) is 0 Å². The number of carbonyl (C=O) groups is 1. The van der Waals surface area contributed by atoms with E-state index in [0.29, 0.717) is 13.0 Å². The van der Waals surface area contributed by atoms with Crippen LogP contribution in [0.1, 0.15) is 40.3 Å². The minimum atomic E-state index is 0.189. The van der Waals surface area contributed by atoms with Gasteiger partial charge in [-0.2, -0.15) is 0 Å². The molecule has 0 fully saturated rings. The maximum absolute atomic E-state index is 12.2. The number of aromatic nitrogens is 2. The molecule has 0 bridgehead atoms. The van der Waals surface area contributed by atoms with Crippen LogP contribution < -0.4 is 5.73 Å². The number of carbonyl (C=O) groups excluding carboxylic acids is 1. The summed E-state index contributed by atoms with van der Waals surface area (Å²) in [6.45, 7) is 1.17. The summed E-state index contributed by atoms with van der Waals surface area (Å²) in [5, 5.41) is 0. The van der Waals surface area contributed by atoms with Crippen molar-refractivity contribution in [1.82, 2.24) is 9.55 Å². The van der Waals surface area contributed by atoms with E-state index in [1.54, 1.807) is 0 Å². The third-order valence-electron chi connectivity index (χ3n) is 4.32. The molecule has 1 heterocycles. The first-order chi connectivity index (χ1) is 12.3. The zero-order valence-corrected chi connectivity index (χ0v) is 14.3. The quantitative estimate of drug-likeness (QED) is 0.641. The highest BCUT2D eigenvalue weighted by Gasteiger charge is 2.11. The van der Waals surface area contributed by atoms with E-state index in [1.165, 1.54) is 5.56 Å². The molecule has 4 heteroatoms. The van der Waals surface area contributed by atoms with E-state index >= 15 is 0 Å². The summed E-state index contributed by atoms with van der Waals surface area (Å²) in [6, 6.07) is 19.7. The van der Waals surface area contributed by atoms with E-state index in [9.17, 15) is 4.79 Å². The van der Waals surface area contributed by atoms with Crippen LogP contribution >= 0.6 is 0 Å². The Morgan fingerprint density at radius 3 is 2.36 bits per heavy atom. The van der Waals surface area contributed by atoms with E-state index in [-0.39, 0.29) is 5.78 Å². The van der Waals surface area contributed by atoms with Gasteiger partial charge in [-0.25, -0.2) is 4.98 Å². The summed E-state index contributed by atoms with van der Waals surface area (Å²) >= 11 is 0. The fourth-order valence-electron chi connectivity index (χ4n) is 2.97. The van der Waals surface area contributed by atoms with Gasteiger partial charge in [0.05, 0.1) is 6.54 Å². The van der Waals surface area contributed by atoms with Crippen molar-refractivity contribution in [1.29, 1.82) is 0 Å². The van der Waals surface area contributed by atoms with E-state index in [1.807, 2.05) is 54.7 Å². The van der Waals surface area contributed by atoms with E-state index < -0.39 is 0 Å². The zero-order chi connectivity index (χ0) is 17.5. The molecule has 128 valence electrons. The van der Waals surface area contributed by atoms with Crippen LogP contribution in [0.25, 0.3) is 0 Å². The molecule has 0 saturated carbocycles. The predicted molar refractivity (Wildman–Crippen MR) is 99.4 cm³/mol. The fourth-order valence-corrected chi connectivity index (χ4v) is 2.97. The van der Waals surface area contributed by atoms with E-state index in [0.717, 1.165) is 36.5 Å². The molecule has 1 aromatic heterocycles. The standard InChI is InChI=1S/C21H23N3O/c22-14-21-23-15-19(24(21)16-17-8-3-1-4-9-17)12-7-13-20(25)18-10-5-2-6-11-18/h1-6,8-11,15H,7,12-14,16,22H2. The number of rotatable bonds is 8. The highest BCUT2D eigenvalue weighted by atomic mass is 16.1. The van der Waals surface area contributed by atoms with Gasteiger partial charge in [0.25, 0.3) is 0 Å². The number of imidazole rings is 1. The molecular formula is C21H23N3O. The molecule has 0 unspecified atom stereocenters. The fraction of sp³-hybridized carbons (Fsp3) is 0.238. The number of benzene rings is 2. The number of nitrogens with zero attached hydrogens (tertiary/aromatic N) is 2. The Morgan fingerprint density at radius 2 is 1.68 bits per heavy atom.